The summed E-state index contributed by atoms with van der Waals surface area (Å²) in [4.78, 5) is 10.5. The molecule has 2 N–H and O–H groups in total. The van der Waals surface area contributed by atoms with Gasteiger partial charge < -0.3 is 10.5 Å². The first-order valence-corrected chi connectivity index (χ1v) is 6.17. The van der Waals surface area contributed by atoms with Crippen molar-refractivity contribution >= 4 is 5.69 Å². The number of benzene rings is 1. The molecule has 98 valence electrons. The first-order valence-electron chi connectivity index (χ1n) is 6.17. The summed E-state index contributed by atoms with van der Waals surface area (Å²) in [7, 11) is 0. The normalized spacial score (nSPS) is 17.7. The summed E-state index contributed by atoms with van der Waals surface area (Å²) < 4.78 is 5.57. The zero-order valence-corrected chi connectivity index (χ0v) is 10.5. The second-order valence-corrected chi connectivity index (χ2v) is 5.09. The molecule has 0 heterocycles. The van der Waals surface area contributed by atoms with Crippen molar-refractivity contribution in [2.75, 3.05) is 6.61 Å². The quantitative estimate of drug-likeness (QED) is 0.658. The van der Waals surface area contributed by atoms with E-state index in [0.29, 0.717) is 12.4 Å². The lowest BCUT2D eigenvalue weighted by atomic mass is 10.0. The molecule has 0 aromatic heterocycles. The molecule has 1 saturated carbocycles. The molecular weight excluding hydrogens is 232 g/mol. The molecule has 1 aliphatic carbocycles. The number of hydrogen-bond acceptors (Lipinski definition) is 4. The van der Waals surface area contributed by atoms with Crippen molar-refractivity contribution in [2.24, 2.45) is 5.73 Å². The van der Waals surface area contributed by atoms with Gasteiger partial charge >= 0.3 is 5.69 Å². The highest BCUT2D eigenvalue weighted by atomic mass is 16.6. The van der Waals surface area contributed by atoms with Crippen molar-refractivity contribution in [1.29, 1.82) is 0 Å². The van der Waals surface area contributed by atoms with Crippen LogP contribution in [0.25, 0.3) is 0 Å². The van der Waals surface area contributed by atoms with E-state index in [2.05, 4.69) is 0 Å². The van der Waals surface area contributed by atoms with Crippen LogP contribution in [0.5, 0.6) is 5.75 Å². The smallest absolute Gasteiger partial charge is 0.311 e. The Balaban J connectivity index is 2.11. The maximum Gasteiger partial charge on any atom is 0.311 e. The number of nitro benzene ring substituents is 1. The summed E-state index contributed by atoms with van der Waals surface area (Å²) in [5.41, 5.74) is 6.70. The van der Waals surface area contributed by atoms with Crippen molar-refractivity contribution in [3.63, 3.8) is 0 Å². The summed E-state index contributed by atoms with van der Waals surface area (Å²) in [6, 6.07) is 4.97. The molecule has 18 heavy (non-hydrogen) atoms. The molecule has 0 amide bonds. The average Bonchev–Trinajstić information content (AvgIpc) is 2.75. The van der Waals surface area contributed by atoms with Crippen LogP contribution in [0.4, 0.5) is 5.69 Å². The molecule has 2 rings (SSSR count). The van der Waals surface area contributed by atoms with Crippen molar-refractivity contribution < 1.29 is 9.66 Å². The molecule has 0 aliphatic heterocycles. The summed E-state index contributed by atoms with van der Waals surface area (Å²) in [5.74, 6) is 0.308. The Hall–Kier alpha value is -1.62. The van der Waals surface area contributed by atoms with E-state index in [0.717, 1.165) is 31.2 Å². The van der Waals surface area contributed by atoms with Gasteiger partial charge in [-0.2, -0.15) is 0 Å². The van der Waals surface area contributed by atoms with Crippen LogP contribution in [0.1, 0.15) is 31.2 Å². The average molecular weight is 250 g/mol. The Kier molecular flexibility index (Phi) is 3.52. The molecule has 1 aromatic carbocycles. The van der Waals surface area contributed by atoms with Gasteiger partial charge in [-0.25, -0.2) is 0 Å². The Bertz CT molecular complexity index is 454. The molecule has 1 aliphatic rings. The summed E-state index contributed by atoms with van der Waals surface area (Å²) in [5, 5.41) is 10.9. The van der Waals surface area contributed by atoms with E-state index in [1.54, 1.807) is 12.1 Å². The van der Waals surface area contributed by atoms with E-state index in [-0.39, 0.29) is 11.2 Å². The fourth-order valence-electron chi connectivity index (χ4n) is 2.34. The fraction of sp³-hybridized carbons (Fsp3) is 0.538. The van der Waals surface area contributed by atoms with Crippen LogP contribution in [-0.2, 0) is 0 Å². The summed E-state index contributed by atoms with van der Waals surface area (Å²) >= 11 is 0. The highest BCUT2D eigenvalue weighted by Gasteiger charge is 2.31. The van der Waals surface area contributed by atoms with Crippen LogP contribution in [-0.4, -0.2) is 17.1 Å². The molecule has 0 atom stereocenters. The lowest BCUT2D eigenvalue weighted by Crippen LogP contribution is -2.42. The van der Waals surface area contributed by atoms with Crippen LogP contribution in [0.15, 0.2) is 18.2 Å². The SMILES string of the molecule is Cc1ccc(OCC2(N)CCCC2)c([N+](=O)[O-])c1. The van der Waals surface area contributed by atoms with Crippen molar-refractivity contribution in [1.82, 2.24) is 0 Å². The molecule has 0 radical (unpaired) electrons. The minimum absolute atomic E-state index is 0.0107. The van der Waals surface area contributed by atoms with Crippen LogP contribution in [0.3, 0.4) is 0 Å². The van der Waals surface area contributed by atoms with Gasteiger partial charge in [-0.05, 0) is 31.4 Å². The van der Waals surface area contributed by atoms with Crippen molar-refractivity contribution in [3.05, 3.63) is 33.9 Å². The zero-order valence-electron chi connectivity index (χ0n) is 10.5. The third-order valence-electron chi connectivity index (χ3n) is 3.43. The van der Waals surface area contributed by atoms with E-state index < -0.39 is 4.92 Å². The number of nitrogens with zero attached hydrogens (tertiary/aromatic N) is 1. The minimum atomic E-state index is -0.416. The predicted octanol–water partition coefficient (Wildman–Crippen LogP) is 2.55. The Morgan fingerprint density at radius 3 is 2.72 bits per heavy atom. The molecule has 0 spiro atoms. The van der Waals surface area contributed by atoms with E-state index in [9.17, 15) is 10.1 Å². The minimum Gasteiger partial charge on any atom is -0.485 e. The van der Waals surface area contributed by atoms with Crippen LogP contribution in [0, 0.1) is 17.0 Å². The van der Waals surface area contributed by atoms with Gasteiger partial charge in [-0.1, -0.05) is 18.9 Å². The molecule has 0 saturated heterocycles. The molecule has 1 fully saturated rings. The van der Waals surface area contributed by atoms with Gasteiger partial charge in [0.1, 0.15) is 6.61 Å². The topological polar surface area (TPSA) is 78.4 Å². The molecule has 5 heteroatoms. The van der Waals surface area contributed by atoms with Gasteiger partial charge in [0.15, 0.2) is 5.75 Å². The van der Waals surface area contributed by atoms with Crippen molar-refractivity contribution in [2.45, 2.75) is 38.1 Å². The maximum absolute atomic E-state index is 10.9. The highest BCUT2D eigenvalue weighted by molar-refractivity contribution is 5.48. The third kappa shape index (κ3) is 2.79. The largest absolute Gasteiger partial charge is 0.485 e. The van der Waals surface area contributed by atoms with Gasteiger partial charge in [0.25, 0.3) is 0 Å². The second kappa shape index (κ2) is 4.94. The lowest BCUT2D eigenvalue weighted by Gasteiger charge is -2.23. The van der Waals surface area contributed by atoms with Crippen LogP contribution in [0.2, 0.25) is 0 Å². The fourth-order valence-corrected chi connectivity index (χ4v) is 2.34. The van der Waals surface area contributed by atoms with Crippen molar-refractivity contribution in [3.8, 4) is 5.75 Å². The highest BCUT2D eigenvalue weighted by Crippen LogP contribution is 2.31. The van der Waals surface area contributed by atoms with Crippen LogP contribution >= 0.6 is 0 Å². The number of rotatable bonds is 4. The van der Waals surface area contributed by atoms with Gasteiger partial charge in [0, 0.05) is 6.07 Å². The maximum atomic E-state index is 10.9. The number of nitro groups is 1. The molecule has 1 aromatic rings. The van der Waals surface area contributed by atoms with Gasteiger partial charge in [0.2, 0.25) is 0 Å². The first kappa shape index (κ1) is 12.8. The van der Waals surface area contributed by atoms with E-state index in [1.807, 2.05) is 6.92 Å². The monoisotopic (exact) mass is 250 g/mol. The number of hydrogen-bond donors (Lipinski definition) is 1. The zero-order chi connectivity index (χ0) is 13.2. The van der Waals surface area contributed by atoms with Crippen LogP contribution < -0.4 is 10.5 Å². The summed E-state index contributed by atoms with van der Waals surface area (Å²) in [6.07, 6.45) is 4.06. The standard InChI is InChI=1S/C13H18N2O3/c1-10-4-5-12(11(8-10)15(16)17)18-9-13(14)6-2-3-7-13/h4-5,8H,2-3,6-7,9,14H2,1H3. The summed E-state index contributed by atoms with van der Waals surface area (Å²) in [6.45, 7) is 2.16. The van der Waals surface area contributed by atoms with Gasteiger partial charge in [-0.15, -0.1) is 0 Å². The predicted molar refractivity (Wildman–Crippen MR) is 68.7 cm³/mol. The van der Waals surface area contributed by atoms with E-state index >= 15 is 0 Å². The molecule has 5 nitrogen and oxygen atoms in total. The number of nitrogens with two attached hydrogens (primary N) is 1. The number of ether oxygens (including phenoxy) is 1. The Morgan fingerprint density at radius 1 is 1.44 bits per heavy atom. The lowest BCUT2D eigenvalue weighted by molar-refractivity contribution is -0.386. The van der Waals surface area contributed by atoms with E-state index in [4.69, 9.17) is 10.5 Å². The van der Waals surface area contributed by atoms with E-state index in [1.165, 1.54) is 6.07 Å². The third-order valence-corrected chi connectivity index (χ3v) is 3.43. The molecular formula is C13H18N2O3. The van der Waals surface area contributed by atoms with Gasteiger partial charge in [0.05, 0.1) is 10.5 Å². The first-order chi connectivity index (χ1) is 8.50. The molecule has 0 unspecified atom stereocenters. The second-order valence-electron chi connectivity index (χ2n) is 5.09. The van der Waals surface area contributed by atoms with Gasteiger partial charge in [-0.3, -0.25) is 10.1 Å². The Morgan fingerprint density at radius 2 is 2.11 bits per heavy atom. The Labute approximate surface area is 106 Å². The molecule has 0 bridgehead atoms. The number of aryl methyl sites for hydroxylation is 1.